The lowest BCUT2D eigenvalue weighted by molar-refractivity contribution is 0.0392. The summed E-state index contributed by atoms with van der Waals surface area (Å²) in [6.45, 7) is 8.23. The average molecular weight is 367 g/mol. The van der Waals surface area contributed by atoms with E-state index >= 15 is 0 Å². The molecule has 2 aromatic carbocycles. The van der Waals surface area contributed by atoms with E-state index in [9.17, 15) is 5.11 Å². The van der Waals surface area contributed by atoms with Gasteiger partial charge in [0.15, 0.2) is 0 Å². The van der Waals surface area contributed by atoms with Crippen LogP contribution in [0.1, 0.15) is 22.3 Å². The van der Waals surface area contributed by atoms with Gasteiger partial charge in [0.25, 0.3) is 0 Å². The molecule has 1 fully saturated rings. The molecule has 2 atom stereocenters. The number of benzene rings is 2. The fraction of sp³-hybridized carbons (Fsp3) is 0.478. The van der Waals surface area contributed by atoms with Gasteiger partial charge in [-0.15, -0.1) is 0 Å². The quantitative estimate of drug-likeness (QED) is 0.906. The average Bonchev–Trinajstić information content (AvgIpc) is 2.71. The first-order valence-electron chi connectivity index (χ1n) is 9.96. The van der Waals surface area contributed by atoms with E-state index in [1.807, 2.05) is 12.1 Å². The van der Waals surface area contributed by atoms with Gasteiger partial charge in [0, 0.05) is 38.6 Å². The Bertz CT molecular complexity index is 812. The topological polar surface area (TPSA) is 35.9 Å². The van der Waals surface area contributed by atoms with Gasteiger partial charge >= 0.3 is 0 Å². The van der Waals surface area contributed by atoms with Crippen molar-refractivity contribution in [2.45, 2.75) is 38.8 Å². The third-order valence-electron chi connectivity index (χ3n) is 6.38. The number of fused-ring (bicyclic) bond motifs is 1. The van der Waals surface area contributed by atoms with Crippen LogP contribution >= 0.6 is 0 Å². The Morgan fingerprint density at radius 2 is 1.52 bits per heavy atom. The van der Waals surface area contributed by atoms with Crippen LogP contribution in [0.2, 0.25) is 0 Å². The molecule has 2 aliphatic rings. The highest BCUT2D eigenvalue weighted by Gasteiger charge is 2.34. The Balaban J connectivity index is 1.48. The predicted molar refractivity (Wildman–Crippen MR) is 110 cm³/mol. The third-order valence-corrected chi connectivity index (χ3v) is 6.38. The summed E-state index contributed by atoms with van der Waals surface area (Å²) in [5, 5.41) is 10.9. The molecular weight excluding hydrogens is 336 g/mol. The maximum atomic E-state index is 10.9. The van der Waals surface area contributed by atoms with Gasteiger partial charge in [-0.25, -0.2) is 0 Å². The maximum absolute atomic E-state index is 10.9. The molecule has 1 heterocycles. The lowest BCUT2D eigenvalue weighted by atomic mass is 9.81. The number of aryl methyl sites for hydroxylation is 2. The van der Waals surface area contributed by atoms with E-state index in [0.717, 1.165) is 44.8 Å². The van der Waals surface area contributed by atoms with Gasteiger partial charge in [-0.3, -0.25) is 4.90 Å². The van der Waals surface area contributed by atoms with Crippen LogP contribution in [0, 0.1) is 13.8 Å². The first-order chi connectivity index (χ1) is 13.1. The summed E-state index contributed by atoms with van der Waals surface area (Å²) in [5.74, 6) is 0.934. The molecule has 0 saturated carbocycles. The van der Waals surface area contributed by atoms with Crippen LogP contribution < -0.4 is 9.64 Å². The van der Waals surface area contributed by atoms with Crippen LogP contribution in [-0.4, -0.2) is 55.4 Å². The largest absolute Gasteiger partial charge is 0.495 e. The summed E-state index contributed by atoms with van der Waals surface area (Å²) < 4.78 is 5.53. The minimum atomic E-state index is -0.282. The number of rotatable bonds is 3. The van der Waals surface area contributed by atoms with E-state index in [2.05, 4.69) is 47.9 Å². The molecule has 0 radical (unpaired) electrons. The Hall–Kier alpha value is -2.04. The number of nitrogens with zero attached hydrogens (tertiary/aromatic N) is 2. The second-order valence-corrected chi connectivity index (χ2v) is 7.89. The zero-order chi connectivity index (χ0) is 19.0. The summed E-state index contributed by atoms with van der Waals surface area (Å²) in [7, 11) is 1.73. The molecule has 144 valence electrons. The van der Waals surface area contributed by atoms with Gasteiger partial charge in [0.05, 0.1) is 18.9 Å². The van der Waals surface area contributed by atoms with Crippen molar-refractivity contribution < 1.29 is 9.84 Å². The molecule has 0 aromatic heterocycles. The molecule has 0 unspecified atom stereocenters. The highest BCUT2D eigenvalue weighted by molar-refractivity contribution is 5.58. The summed E-state index contributed by atoms with van der Waals surface area (Å²) >= 11 is 0. The van der Waals surface area contributed by atoms with Crippen molar-refractivity contribution in [3.8, 4) is 5.75 Å². The molecule has 1 aliphatic heterocycles. The number of aliphatic hydroxyl groups is 1. The third kappa shape index (κ3) is 3.44. The van der Waals surface area contributed by atoms with Crippen LogP contribution in [0.5, 0.6) is 5.75 Å². The molecule has 0 amide bonds. The molecule has 0 bridgehead atoms. The van der Waals surface area contributed by atoms with Gasteiger partial charge in [0.2, 0.25) is 0 Å². The van der Waals surface area contributed by atoms with Gasteiger partial charge in [-0.1, -0.05) is 24.3 Å². The fourth-order valence-corrected chi connectivity index (χ4v) is 4.74. The Kier molecular flexibility index (Phi) is 5.11. The SMILES string of the molecule is COc1ccccc1N1CCN([C@H]2Cc3c(C)ccc(C)c3C[C@@H]2O)CC1. The zero-order valence-corrected chi connectivity index (χ0v) is 16.6. The molecule has 0 spiro atoms. The van der Waals surface area contributed by atoms with Crippen molar-refractivity contribution in [3.05, 3.63) is 58.7 Å². The van der Waals surface area contributed by atoms with E-state index in [4.69, 9.17) is 4.74 Å². The van der Waals surface area contributed by atoms with E-state index < -0.39 is 0 Å². The number of hydrogen-bond acceptors (Lipinski definition) is 4. The normalized spacial score (nSPS) is 23.2. The molecule has 27 heavy (non-hydrogen) atoms. The number of aliphatic hydroxyl groups excluding tert-OH is 1. The van der Waals surface area contributed by atoms with Crippen molar-refractivity contribution in [1.82, 2.24) is 4.90 Å². The highest BCUT2D eigenvalue weighted by Crippen LogP contribution is 2.32. The Labute approximate surface area is 162 Å². The van der Waals surface area contributed by atoms with Crippen LogP contribution in [0.25, 0.3) is 0 Å². The van der Waals surface area contributed by atoms with Crippen LogP contribution in [0.4, 0.5) is 5.69 Å². The van der Waals surface area contributed by atoms with Gasteiger partial charge in [-0.05, 0) is 54.7 Å². The monoisotopic (exact) mass is 366 g/mol. The Morgan fingerprint density at radius 1 is 0.889 bits per heavy atom. The fourth-order valence-electron chi connectivity index (χ4n) is 4.74. The van der Waals surface area contributed by atoms with E-state index in [1.54, 1.807) is 7.11 Å². The van der Waals surface area contributed by atoms with Crippen molar-refractivity contribution in [1.29, 1.82) is 0 Å². The van der Waals surface area contributed by atoms with Gasteiger partial charge in [0.1, 0.15) is 5.75 Å². The second kappa shape index (κ2) is 7.53. The summed E-state index contributed by atoms with van der Waals surface area (Å²) in [4.78, 5) is 4.88. The highest BCUT2D eigenvalue weighted by atomic mass is 16.5. The minimum absolute atomic E-state index is 0.220. The van der Waals surface area contributed by atoms with Crippen LogP contribution in [0.15, 0.2) is 36.4 Å². The van der Waals surface area contributed by atoms with E-state index in [0.29, 0.717) is 0 Å². The smallest absolute Gasteiger partial charge is 0.142 e. The second-order valence-electron chi connectivity index (χ2n) is 7.89. The summed E-state index contributed by atoms with van der Waals surface area (Å²) in [6, 6.07) is 12.9. The van der Waals surface area contributed by atoms with Crippen LogP contribution in [0.3, 0.4) is 0 Å². The number of hydrogen-bond donors (Lipinski definition) is 1. The lowest BCUT2D eigenvalue weighted by Crippen LogP contribution is -2.56. The first-order valence-corrected chi connectivity index (χ1v) is 9.96. The molecule has 1 saturated heterocycles. The molecular formula is C23H30N2O2. The van der Waals surface area contributed by atoms with Crippen molar-refractivity contribution >= 4 is 5.69 Å². The summed E-state index contributed by atoms with van der Waals surface area (Å²) in [5.41, 5.74) is 6.67. The van der Waals surface area contributed by atoms with E-state index in [-0.39, 0.29) is 12.1 Å². The van der Waals surface area contributed by atoms with Gasteiger partial charge < -0.3 is 14.7 Å². The molecule has 4 heteroatoms. The number of piperazine rings is 1. The van der Waals surface area contributed by atoms with Crippen LogP contribution in [-0.2, 0) is 12.8 Å². The minimum Gasteiger partial charge on any atom is -0.495 e. The Morgan fingerprint density at radius 3 is 2.19 bits per heavy atom. The number of anilines is 1. The number of para-hydroxylation sites is 2. The maximum Gasteiger partial charge on any atom is 0.142 e. The predicted octanol–water partition coefficient (Wildman–Crippen LogP) is 2.96. The molecule has 1 N–H and O–H groups in total. The molecule has 4 nitrogen and oxygen atoms in total. The van der Waals surface area contributed by atoms with Gasteiger partial charge in [-0.2, -0.15) is 0 Å². The van der Waals surface area contributed by atoms with Crippen molar-refractivity contribution in [2.75, 3.05) is 38.2 Å². The zero-order valence-electron chi connectivity index (χ0n) is 16.6. The molecule has 4 rings (SSSR count). The van der Waals surface area contributed by atoms with E-state index in [1.165, 1.54) is 27.9 Å². The first kappa shape index (κ1) is 18.3. The standard InChI is InChI=1S/C23H30N2O2/c1-16-8-9-17(2)19-15-22(26)21(14-18(16)19)25-12-10-24(11-13-25)20-6-4-5-7-23(20)27-3/h4-9,21-22,26H,10-15H2,1-3H3/t21-,22-/m0/s1. The molecule has 1 aliphatic carbocycles. The lowest BCUT2D eigenvalue weighted by Gasteiger charge is -2.44. The van der Waals surface area contributed by atoms with Crippen molar-refractivity contribution in [3.63, 3.8) is 0 Å². The summed E-state index contributed by atoms with van der Waals surface area (Å²) in [6.07, 6.45) is 1.45. The molecule has 2 aromatic rings. The van der Waals surface area contributed by atoms with Crippen molar-refractivity contribution in [2.24, 2.45) is 0 Å². The number of methoxy groups -OCH3 is 1. The number of ether oxygens (including phenoxy) is 1.